The zero-order chi connectivity index (χ0) is 13.7. The molecule has 1 fully saturated rings. The van der Waals surface area contributed by atoms with Gasteiger partial charge in [0.05, 0.1) is 6.61 Å². The largest absolute Gasteiger partial charge is 0.477 e. The molecule has 1 aliphatic carbocycles. The molecule has 0 N–H and O–H groups in total. The molecule has 104 valence electrons. The summed E-state index contributed by atoms with van der Waals surface area (Å²) in [4.78, 5) is 18.7. The van der Waals surface area contributed by atoms with Crippen LogP contribution in [0.1, 0.15) is 43.5 Å². The Morgan fingerprint density at radius 1 is 1.47 bits per heavy atom. The van der Waals surface area contributed by atoms with Crippen LogP contribution in [0.25, 0.3) is 0 Å². The van der Waals surface area contributed by atoms with Gasteiger partial charge in [-0.3, -0.25) is 4.79 Å². The van der Waals surface area contributed by atoms with Crippen LogP contribution < -0.4 is 4.74 Å². The van der Waals surface area contributed by atoms with Crippen molar-refractivity contribution >= 4 is 5.91 Å². The molecule has 1 aromatic rings. The molecular formula is C15H22N2O2. The van der Waals surface area contributed by atoms with E-state index in [0.29, 0.717) is 24.0 Å². The summed E-state index contributed by atoms with van der Waals surface area (Å²) >= 11 is 0. The van der Waals surface area contributed by atoms with Gasteiger partial charge in [0.15, 0.2) is 0 Å². The van der Waals surface area contributed by atoms with E-state index in [0.717, 1.165) is 19.5 Å². The SMILES string of the molecule is CCCN(CC1CC1)C(=O)c1cccnc1OCC. The predicted molar refractivity (Wildman–Crippen MR) is 74.3 cm³/mol. The average molecular weight is 262 g/mol. The third kappa shape index (κ3) is 3.69. The van der Waals surface area contributed by atoms with Gasteiger partial charge in [0.2, 0.25) is 5.88 Å². The smallest absolute Gasteiger partial charge is 0.259 e. The average Bonchev–Trinajstić information content (AvgIpc) is 3.22. The predicted octanol–water partition coefficient (Wildman–Crippen LogP) is 2.74. The van der Waals surface area contributed by atoms with Crippen LogP contribution in [0.15, 0.2) is 18.3 Å². The summed E-state index contributed by atoms with van der Waals surface area (Å²) in [6.07, 6.45) is 5.13. The van der Waals surface area contributed by atoms with Crippen molar-refractivity contribution in [2.24, 2.45) is 5.92 Å². The fraction of sp³-hybridized carbons (Fsp3) is 0.600. The maximum absolute atomic E-state index is 12.6. The van der Waals surface area contributed by atoms with E-state index in [1.165, 1.54) is 12.8 Å². The molecule has 0 aliphatic heterocycles. The standard InChI is InChI=1S/C15H22N2O2/c1-3-10-17(11-12-7-8-12)15(18)13-6-5-9-16-14(13)19-4-2/h5-6,9,12H,3-4,7-8,10-11H2,1-2H3. The molecule has 0 aromatic carbocycles. The summed E-state index contributed by atoms with van der Waals surface area (Å²) in [6.45, 7) is 6.19. The lowest BCUT2D eigenvalue weighted by atomic mass is 10.2. The van der Waals surface area contributed by atoms with Crippen molar-refractivity contribution in [1.29, 1.82) is 0 Å². The van der Waals surface area contributed by atoms with Crippen molar-refractivity contribution in [3.63, 3.8) is 0 Å². The van der Waals surface area contributed by atoms with Gasteiger partial charge < -0.3 is 9.64 Å². The number of rotatable bonds is 7. The van der Waals surface area contributed by atoms with Crippen molar-refractivity contribution in [3.05, 3.63) is 23.9 Å². The molecule has 4 heteroatoms. The van der Waals surface area contributed by atoms with Crippen LogP contribution in [-0.4, -0.2) is 35.5 Å². The Labute approximate surface area is 114 Å². The topological polar surface area (TPSA) is 42.4 Å². The molecule has 4 nitrogen and oxygen atoms in total. The van der Waals surface area contributed by atoms with E-state index in [-0.39, 0.29) is 5.91 Å². The number of nitrogens with zero attached hydrogens (tertiary/aromatic N) is 2. The number of aromatic nitrogens is 1. The second-order valence-corrected chi connectivity index (χ2v) is 4.98. The second kappa shape index (κ2) is 6.55. The maximum atomic E-state index is 12.6. The number of hydrogen-bond acceptors (Lipinski definition) is 3. The van der Waals surface area contributed by atoms with E-state index >= 15 is 0 Å². The van der Waals surface area contributed by atoms with Gasteiger partial charge in [-0.2, -0.15) is 0 Å². The first-order valence-electron chi connectivity index (χ1n) is 7.13. The van der Waals surface area contributed by atoms with Gasteiger partial charge in [0, 0.05) is 19.3 Å². The number of carbonyl (C=O) groups is 1. The number of ether oxygens (including phenoxy) is 1. The van der Waals surface area contributed by atoms with E-state index in [1.807, 2.05) is 11.8 Å². The zero-order valence-corrected chi connectivity index (χ0v) is 11.8. The van der Waals surface area contributed by atoms with Gasteiger partial charge in [0.25, 0.3) is 5.91 Å². The van der Waals surface area contributed by atoms with Crippen LogP contribution in [-0.2, 0) is 0 Å². The van der Waals surface area contributed by atoms with Gasteiger partial charge >= 0.3 is 0 Å². The van der Waals surface area contributed by atoms with E-state index in [9.17, 15) is 4.79 Å². The Hall–Kier alpha value is -1.58. The Morgan fingerprint density at radius 2 is 2.26 bits per heavy atom. The minimum absolute atomic E-state index is 0.0466. The van der Waals surface area contributed by atoms with Crippen molar-refractivity contribution in [2.45, 2.75) is 33.1 Å². The van der Waals surface area contributed by atoms with Crippen molar-refractivity contribution in [3.8, 4) is 5.88 Å². The monoisotopic (exact) mass is 262 g/mol. The molecule has 0 bridgehead atoms. The van der Waals surface area contributed by atoms with Crippen LogP contribution in [0.3, 0.4) is 0 Å². The fourth-order valence-electron chi connectivity index (χ4n) is 2.13. The Bertz CT molecular complexity index is 430. The summed E-state index contributed by atoms with van der Waals surface area (Å²) in [5, 5.41) is 0. The molecule has 19 heavy (non-hydrogen) atoms. The summed E-state index contributed by atoms with van der Waals surface area (Å²) in [5.41, 5.74) is 0.582. The molecule has 1 aromatic heterocycles. The lowest BCUT2D eigenvalue weighted by Gasteiger charge is -2.22. The first-order chi connectivity index (χ1) is 9.26. The fourth-order valence-corrected chi connectivity index (χ4v) is 2.13. The molecule has 1 amide bonds. The lowest BCUT2D eigenvalue weighted by Crippen LogP contribution is -2.34. The van der Waals surface area contributed by atoms with Gasteiger partial charge in [-0.25, -0.2) is 4.98 Å². The highest BCUT2D eigenvalue weighted by Crippen LogP contribution is 2.30. The van der Waals surface area contributed by atoms with Crippen LogP contribution in [0.2, 0.25) is 0 Å². The van der Waals surface area contributed by atoms with E-state index < -0.39 is 0 Å². The Kier molecular flexibility index (Phi) is 4.77. The lowest BCUT2D eigenvalue weighted by molar-refractivity contribution is 0.0742. The van der Waals surface area contributed by atoms with Crippen LogP contribution in [0.5, 0.6) is 5.88 Å². The molecule has 1 saturated carbocycles. The summed E-state index contributed by atoms with van der Waals surface area (Å²) in [7, 11) is 0. The van der Waals surface area contributed by atoms with Crippen molar-refractivity contribution in [2.75, 3.05) is 19.7 Å². The quantitative estimate of drug-likeness (QED) is 0.758. The molecule has 0 saturated heterocycles. The number of amides is 1. The third-order valence-electron chi connectivity index (χ3n) is 3.24. The summed E-state index contributed by atoms with van der Waals surface area (Å²) in [6, 6.07) is 3.59. The molecule has 0 spiro atoms. The highest BCUT2D eigenvalue weighted by atomic mass is 16.5. The van der Waals surface area contributed by atoms with Gasteiger partial charge in [0.1, 0.15) is 5.56 Å². The van der Waals surface area contributed by atoms with E-state index in [2.05, 4.69) is 11.9 Å². The van der Waals surface area contributed by atoms with Crippen LogP contribution >= 0.6 is 0 Å². The minimum Gasteiger partial charge on any atom is -0.477 e. The third-order valence-corrected chi connectivity index (χ3v) is 3.24. The number of pyridine rings is 1. The van der Waals surface area contributed by atoms with Gasteiger partial charge in [-0.05, 0) is 44.2 Å². The number of hydrogen-bond donors (Lipinski definition) is 0. The molecule has 0 atom stereocenters. The first-order valence-corrected chi connectivity index (χ1v) is 7.13. The van der Waals surface area contributed by atoms with Crippen LogP contribution in [0.4, 0.5) is 0 Å². The minimum atomic E-state index is 0.0466. The highest BCUT2D eigenvalue weighted by molar-refractivity contribution is 5.96. The Balaban J connectivity index is 2.14. The molecule has 0 radical (unpaired) electrons. The highest BCUT2D eigenvalue weighted by Gasteiger charge is 2.28. The number of carbonyl (C=O) groups excluding carboxylic acids is 1. The summed E-state index contributed by atoms with van der Waals surface area (Å²) in [5.74, 6) is 1.19. The Morgan fingerprint density at radius 3 is 2.89 bits per heavy atom. The summed E-state index contributed by atoms with van der Waals surface area (Å²) < 4.78 is 5.45. The second-order valence-electron chi connectivity index (χ2n) is 4.98. The van der Waals surface area contributed by atoms with Crippen LogP contribution in [0, 0.1) is 5.92 Å². The van der Waals surface area contributed by atoms with E-state index in [4.69, 9.17) is 4.74 Å². The normalized spacial score (nSPS) is 14.2. The molecular weight excluding hydrogens is 240 g/mol. The van der Waals surface area contributed by atoms with Crippen molar-refractivity contribution < 1.29 is 9.53 Å². The van der Waals surface area contributed by atoms with Gasteiger partial charge in [-0.1, -0.05) is 6.92 Å². The molecule has 1 heterocycles. The molecule has 1 aliphatic rings. The molecule has 0 unspecified atom stereocenters. The van der Waals surface area contributed by atoms with Crippen molar-refractivity contribution in [1.82, 2.24) is 9.88 Å². The molecule has 2 rings (SSSR count). The zero-order valence-electron chi connectivity index (χ0n) is 11.8. The first kappa shape index (κ1) is 13.8. The maximum Gasteiger partial charge on any atom is 0.259 e. The van der Waals surface area contributed by atoms with Gasteiger partial charge in [-0.15, -0.1) is 0 Å². The van der Waals surface area contributed by atoms with E-state index in [1.54, 1.807) is 18.3 Å².